The summed E-state index contributed by atoms with van der Waals surface area (Å²) in [5.41, 5.74) is 1.25. The highest BCUT2D eigenvalue weighted by Gasteiger charge is 2.18. The van der Waals surface area contributed by atoms with Gasteiger partial charge in [0.1, 0.15) is 6.61 Å². The first-order valence-corrected chi connectivity index (χ1v) is 3.72. The van der Waals surface area contributed by atoms with Gasteiger partial charge >= 0.3 is 5.97 Å². The molecule has 0 saturated carbocycles. The molecule has 0 atom stereocenters. The van der Waals surface area contributed by atoms with Gasteiger partial charge in [-0.15, -0.1) is 0 Å². The molecule has 0 radical (unpaired) electrons. The molecule has 0 fully saturated rings. The third-order valence-electron chi connectivity index (χ3n) is 1.40. The molecule has 1 rings (SSSR count). The Morgan fingerprint density at radius 3 is 2.27 bits per heavy atom. The van der Waals surface area contributed by atoms with Crippen molar-refractivity contribution < 1.29 is 14.6 Å². The summed E-state index contributed by atoms with van der Waals surface area (Å²) < 4.78 is 4.60. The number of ether oxygens (including phenoxy) is 1. The average molecular weight is 158 g/mol. The minimum atomic E-state index is -0.306. The highest BCUT2D eigenvalue weighted by Crippen LogP contribution is 2.13. The summed E-state index contributed by atoms with van der Waals surface area (Å²) in [4.78, 5) is 10.6. The normalized spacial score (nSPS) is 15.8. The van der Waals surface area contributed by atoms with Crippen LogP contribution in [0.25, 0.3) is 0 Å². The molecule has 3 nitrogen and oxygen atoms in total. The number of rotatable bonds is 1. The Balaban J connectivity index is 0.000000461. The van der Waals surface area contributed by atoms with E-state index >= 15 is 0 Å². The Morgan fingerprint density at radius 1 is 1.55 bits per heavy atom. The molecular formula is C8H14O3. The van der Waals surface area contributed by atoms with Crippen molar-refractivity contribution in [3.8, 4) is 0 Å². The van der Waals surface area contributed by atoms with Crippen LogP contribution in [-0.4, -0.2) is 24.3 Å². The van der Waals surface area contributed by atoms with E-state index in [0.717, 1.165) is 0 Å². The third-order valence-corrected chi connectivity index (χ3v) is 1.40. The molecule has 3 heteroatoms. The molecular weight excluding hydrogens is 144 g/mol. The van der Waals surface area contributed by atoms with Crippen molar-refractivity contribution in [1.29, 1.82) is 0 Å². The fraction of sp³-hybridized carbons (Fsp3) is 0.625. The fourth-order valence-electron chi connectivity index (χ4n) is 0.678. The Hall–Kier alpha value is -0.830. The van der Waals surface area contributed by atoms with Crippen LogP contribution in [0.1, 0.15) is 20.8 Å². The van der Waals surface area contributed by atoms with Gasteiger partial charge in [-0.05, 0) is 6.92 Å². The van der Waals surface area contributed by atoms with Crippen LogP contribution >= 0.6 is 0 Å². The van der Waals surface area contributed by atoms with Crippen molar-refractivity contribution in [2.24, 2.45) is 0 Å². The summed E-state index contributed by atoms with van der Waals surface area (Å²) in [5.74, 6) is -0.306. The summed E-state index contributed by atoms with van der Waals surface area (Å²) in [6.07, 6.45) is 0. The van der Waals surface area contributed by atoms with Gasteiger partial charge in [0.15, 0.2) is 0 Å². The van der Waals surface area contributed by atoms with E-state index in [2.05, 4.69) is 4.74 Å². The van der Waals surface area contributed by atoms with Crippen molar-refractivity contribution in [3.05, 3.63) is 11.1 Å². The molecule has 0 amide bonds. The summed E-state index contributed by atoms with van der Waals surface area (Å²) in [6, 6.07) is 0. The Bertz CT molecular complexity index is 170. The largest absolute Gasteiger partial charge is 0.458 e. The first kappa shape index (κ1) is 10.2. The second-order valence-corrected chi connectivity index (χ2v) is 1.96. The van der Waals surface area contributed by atoms with Crippen LogP contribution in [0.4, 0.5) is 0 Å². The number of hydrogen-bond donors (Lipinski definition) is 1. The standard InChI is InChI=1S/C6H8O3.C2H6/c1-4-5(2-7)3-9-6(4)8;1-2/h7H,2-3H2,1H3;1-2H3. The summed E-state index contributed by atoms with van der Waals surface area (Å²) in [7, 11) is 0. The van der Waals surface area contributed by atoms with Gasteiger partial charge in [-0.25, -0.2) is 4.79 Å². The quantitative estimate of drug-likeness (QED) is 0.576. The molecule has 1 N–H and O–H groups in total. The first-order valence-electron chi connectivity index (χ1n) is 3.72. The maximum Gasteiger partial charge on any atom is 0.334 e. The van der Waals surface area contributed by atoms with Crippen LogP contribution in [0.2, 0.25) is 0 Å². The van der Waals surface area contributed by atoms with Gasteiger partial charge < -0.3 is 9.84 Å². The summed E-state index contributed by atoms with van der Waals surface area (Å²) in [6.45, 7) is 5.85. The number of aliphatic hydroxyl groups is 1. The van der Waals surface area contributed by atoms with Crippen molar-refractivity contribution >= 4 is 5.97 Å². The molecule has 0 aromatic carbocycles. The molecule has 0 aromatic rings. The van der Waals surface area contributed by atoms with E-state index in [1.165, 1.54) is 0 Å². The molecule has 11 heavy (non-hydrogen) atoms. The van der Waals surface area contributed by atoms with Crippen LogP contribution in [0.3, 0.4) is 0 Å². The number of esters is 1. The lowest BCUT2D eigenvalue weighted by Gasteiger charge is -1.89. The number of cyclic esters (lactones) is 1. The number of carbonyl (C=O) groups is 1. The number of hydrogen-bond acceptors (Lipinski definition) is 3. The second-order valence-electron chi connectivity index (χ2n) is 1.96. The summed E-state index contributed by atoms with van der Waals surface area (Å²) >= 11 is 0. The highest BCUT2D eigenvalue weighted by atomic mass is 16.5. The zero-order valence-corrected chi connectivity index (χ0v) is 7.18. The summed E-state index contributed by atoms with van der Waals surface area (Å²) in [5, 5.41) is 8.56. The molecule has 0 aliphatic carbocycles. The van der Waals surface area contributed by atoms with Gasteiger partial charge in [0.05, 0.1) is 6.61 Å². The lowest BCUT2D eigenvalue weighted by atomic mass is 10.2. The van der Waals surface area contributed by atoms with E-state index in [4.69, 9.17) is 5.11 Å². The van der Waals surface area contributed by atoms with Crippen molar-refractivity contribution in [2.45, 2.75) is 20.8 Å². The second kappa shape index (κ2) is 4.91. The lowest BCUT2D eigenvalue weighted by molar-refractivity contribution is -0.135. The zero-order chi connectivity index (χ0) is 8.85. The maximum absolute atomic E-state index is 10.6. The van der Waals surface area contributed by atoms with E-state index in [1.54, 1.807) is 6.92 Å². The van der Waals surface area contributed by atoms with Crippen LogP contribution in [0.15, 0.2) is 11.1 Å². The molecule has 0 unspecified atom stereocenters. The molecule has 1 aliphatic rings. The lowest BCUT2D eigenvalue weighted by Crippen LogP contribution is -1.94. The van der Waals surface area contributed by atoms with Gasteiger partial charge in [0.25, 0.3) is 0 Å². The maximum atomic E-state index is 10.6. The van der Waals surface area contributed by atoms with E-state index < -0.39 is 0 Å². The van der Waals surface area contributed by atoms with Crippen LogP contribution < -0.4 is 0 Å². The monoisotopic (exact) mass is 158 g/mol. The fourth-order valence-corrected chi connectivity index (χ4v) is 0.678. The van der Waals surface area contributed by atoms with E-state index in [9.17, 15) is 4.79 Å². The van der Waals surface area contributed by atoms with Crippen molar-refractivity contribution in [1.82, 2.24) is 0 Å². The topological polar surface area (TPSA) is 46.5 Å². The van der Waals surface area contributed by atoms with Gasteiger partial charge in [-0.1, -0.05) is 13.8 Å². The van der Waals surface area contributed by atoms with Crippen molar-refractivity contribution in [2.75, 3.05) is 13.2 Å². The minimum absolute atomic E-state index is 0.0719. The molecule has 0 spiro atoms. The van der Waals surface area contributed by atoms with Gasteiger partial charge in [-0.2, -0.15) is 0 Å². The Labute approximate surface area is 66.7 Å². The molecule has 1 aliphatic heterocycles. The van der Waals surface area contributed by atoms with E-state index in [-0.39, 0.29) is 19.2 Å². The predicted octanol–water partition coefficient (Wildman–Crippen LogP) is 0.878. The molecule has 0 bridgehead atoms. The Morgan fingerprint density at radius 2 is 2.09 bits per heavy atom. The molecule has 0 saturated heterocycles. The minimum Gasteiger partial charge on any atom is -0.458 e. The molecule has 0 aromatic heterocycles. The van der Waals surface area contributed by atoms with Crippen molar-refractivity contribution in [3.63, 3.8) is 0 Å². The van der Waals surface area contributed by atoms with E-state index in [0.29, 0.717) is 11.1 Å². The van der Waals surface area contributed by atoms with Crippen LogP contribution in [0, 0.1) is 0 Å². The zero-order valence-electron chi connectivity index (χ0n) is 7.18. The third kappa shape index (κ3) is 2.35. The first-order chi connectivity index (χ1) is 5.25. The highest BCUT2D eigenvalue weighted by molar-refractivity contribution is 5.91. The number of carbonyl (C=O) groups excluding carboxylic acids is 1. The SMILES string of the molecule is CC.CC1=C(CO)COC1=O. The van der Waals surface area contributed by atoms with Gasteiger partial charge in [-0.3, -0.25) is 0 Å². The number of aliphatic hydroxyl groups excluding tert-OH is 1. The van der Waals surface area contributed by atoms with Gasteiger partial charge in [0, 0.05) is 11.1 Å². The van der Waals surface area contributed by atoms with Crippen LogP contribution in [0.5, 0.6) is 0 Å². The van der Waals surface area contributed by atoms with Gasteiger partial charge in [0.2, 0.25) is 0 Å². The van der Waals surface area contributed by atoms with E-state index in [1.807, 2.05) is 13.8 Å². The average Bonchev–Trinajstić information content (AvgIpc) is 2.37. The van der Waals surface area contributed by atoms with Crippen LogP contribution in [-0.2, 0) is 9.53 Å². The molecule has 1 heterocycles. The predicted molar refractivity (Wildman–Crippen MR) is 42.1 cm³/mol. The molecule has 64 valence electrons. The smallest absolute Gasteiger partial charge is 0.334 e. The Kier molecular flexibility index (Phi) is 4.54.